The van der Waals surface area contributed by atoms with Gasteiger partial charge in [0, 0.05) is 0 Å². The van der Waals surface area contributed by atoms with Crippen LogP contribution in [0.2, 0.25) is 0 Å². The average molecular weight is 170 g/mol. The predicted molar refractivity (Wildman–Crippen MR) is 56.4 cm³/mol. The number of ether oxygens (including phenoxy) is 1. The maximum absolute atomic E-state index is 5.25. The molecular formula is C11H22O. The lowest BCUT2D eigenvalue weighted by atomic mass is 10.4. The SMILES string of the molecule is C=CCC=C.CC(C)OC(C)C. The molecule has 0 N–H and O–H groups in total. The lowest BCUT2D eigenvalue weighted by molar-refractivity contribution is 0.0300. The van der Waals surface area contributed by atoms with E-state index in [9.17, 15) is 0 Å². The molecule has 0 fully saturated rings. The molecule has 0 aliphatic heterocycles. The molecule has 0 bridgehead atoms. The van der Waals surface area contributed by atoms with Crippen LogP contribution in [0.5, 0.6) is 0 Å². The minimum absolute atomic E-state index is 0.375. The van der Waals surface area contributed by atoms with Gasteiger partial charge < -0.3 is 4.74 Å². The fraction of sp³-hybridized carbons (Fsp3) is 0.636. The average Bonchev–Trinajstić information content (AvgIpc) is 1.87. The van der Waals surface area contributed by atoms with E-state index in [1.165, 1.54) is 0 Å². The van der Waals surface area contributed by atoms with E-state index in [4.69, 9.17) is 4.74 Å². The van der Waals surface area contributed by atoms with Gasteiger partial charge in [-0.3, -0.25) is 0 Å². The second kappa shape index (κ2) is 10.4. The van der Waals surface area contributed by atoms with E-state index < -0.39 is 0 Å². The first-order valence-electron chi connectivity index (χ1n) is 4.41. The van der Waals surface area contributed by atoms with Crippen molar-refractivity contribution < 1.29 is 4.74 Å². The second-order valence-corrected chi connectivity index (χ2v) is 3.05. The molecule has 0 aromatic rings. The summed E-state index contributed by atoms with van der Waals surface area (Å²) in [5.41, 5.74) is 0. The Bertz CT molecular complexity index is 91.6. The van der Waals surface area contributed by atoms with Gasteiger partial charge in [-0.1, -0.05) is 12.2 Å². The molecule has 12 heavy (non-hydrogen) atoms. The number of allylic oxidation sites excluding steroid dienone is 2. The Hall–Kier alpha value is -0.560. The Morgan fingerprint density at radius 1 is 1.00 bits per heavy atom. The molecule has 0 aliphatic carbocycles. The van der Waals surface area contributed by atoms with Crippen LogP contribution in [0.1, 0.15) is 34.1 Å². The largest absolute Gasteiger partial charge is 0.376 e. The molecule has 0 aromatic carbocycles. The summed E-state index contributed by atoms with van der Waals surface area (Å²) in [6.07, 6.45) is 5.29. The highest BCUT2D eigenvalue weighted by Crippen LogP contribution is 1.93. The van der Waals surface area contributed by atoms with Gasteiger partial charge in [0.2, 0.25) is 0 Å². The molecule has 1 nitrogen and oxygen atoms in total. The maximum Gasteiger partial charge on any atom is 0.0522 e. The van der Waals surface area contributed by atoms with Crippen molar-refractivity contribution in [2.75, 3.05) is 0 Å². The van der Waals surface area contributed by atoms with Gasteiger partial charge in [0.05, 0.1) is 12.2 Å². The van der Waals surface area contributed by atoms with Gasteiger partial charge in [-0.05, 0) is 34.1 Å². The Morgan fingerprint density at radius 2 is 1.33 bits per heavy atom. The first kappa shape index (κ1) is 14.0. The van der Waals surface area contributed by atoms with Crippen LogP contribution in [0.25, 0.3) is 0 Å². The summed E-state index contributed by atoms with van der Waals surface area (Å²) >= 11 is 0. The van der Waals surface area contributed by atoms with Crippen LogP contribution in [0.15, 0.2) is 25.3 Å². The lowest BCUT2D eigenvalue weighted by Gasteiger charge is -2.09. The third kappa shape index (κ3) is 22.7. The van der Waals surface area contributed by atoms with Gasteiger partial charge in [0.25, 0.3) is 0 Å². The van der Waals surface area contributed by atoms with Crippen LogP contribution in [-0.2, 0) is 4.74 Å². The van der Waals surface area contributed by atoms with Gasteiger partial charge in [-0.25, -0.2) is 0 Å². The Balaban J connectivity index is 0. The van der Waals surface area contributed by atoms with Gasteiger partial charge in [0.15, 0.2) is 0 Å². The van der Waals surface area contributed by atoms with Crippen molar-refractivity contribution in [3.05, 3.63) is 25.3 Å². The molecule has 1 heteroatoms. The summed E-state index contributed by atoms with van der Waals surface area (Å²) in [6, 6.07) is 0. The van der Waals surface area contributed by atoms with Crippen molar-refractivity contribution in [3.8, 4) is 0 Å². The van der Waals surface area contributed by atoms with Crippen molar-refractivity contribution in [1.82, 2.24) is 0 Å². The summed E-state index contributed by atoms with van der Waals surface area (Å²) < 4.78 is 5.25. The maximum atomic E-state index is 5.25. The molecule has 0 rings (SSSR count). The van der Waals surface area contributed by atoms with Crippen LogP contribution in [0.4, 0.5) is 0 Å². The molecule has 0 aromatic heterocycles. The van der Waals surface area contributed by atoms with Crippen molar-refractivity contribution in [2.24, 2.45) is 0 Å². The van der Waals surface area contributed by atoms with E-state index in [0.717, 1.165) is 6.42 Å². The summed E-state index contributed by atoms with van der Waals surface area (Å²) in [4.78, 5) is 0. The molecule has 0 unspecified atom stereocenters. The van der Waals surface area contributed by atoms with Crippen LogP contribution in [0, 0.1) is 0 Å². The van der Waals surface area contributed by atoms with Crippen LogP contribution >= 0.6 is 0 Å². The topological polar surface area (TPSA) is 9.23 Å². The van der Waals surface area contributed by atoms with E-state index >= 15 is 0 Å². The zero-order valence-corrected chi connectivity index (χ0v) is 8.84. The Labute approximate surface area is 77.1 Å². The summed E-state index contributed by atoms with van der Waals surface area (Å²) in [5, 5.41) is 0. The summed E-state index contributed by atoms with van der Waals surface area (Å²) in [6.45, 7) is 15.1. The number of hydrogen-bond acceptors (Lipinski definition) is 1. The molecule has 0 spiro atoms. The number of hydrogen-bond donors (Lipinski definition) is 0. The highest BCUT2D eigenvalue weighted by atomic mass is 16.5. The monoisotopic (exact) mass is 170 g/mol. The van der Waals surface area contributed by atoms with E-state index in [-0.39, 0.29) is 0 Å². The van der Waals surface area contributed by atoms with Crippen molar-refractivity contribution >= 4 is 0 Å². The summed E-state index contributed by atoms with van der Waals surface area (Å²) in [5.74, 6) is 0. The van der Waals surface area contributed by atoms with Gasteiger partial charge in [-0.15, -0.1) is 13.2 Å². The first-order valence-corrected chi connectivity index (χ1v) is 4.41. The zero-order chi connectivity index (χ0) is 9.98. The van der Waals surface area contributed by atoms with Crippen LogP contribution in [0.3, 0.4) is 0 Å². The lowest BCUT2D eigenvalue weighted by Crippen LogP contribution is -2.09. The van der Waals surface area contributed by atoms with Crippen molar-refractivity contribution in [2.45, 2.75) is 46.3 Å². The molecule has 0 saturated carbocycles. The highest BCUT2D eigenvalue weighted by Gasteiger charge is 1.94. The van der Waals surface area contributed by atoms with E-state index in [1.807, 2.05) is 39.8 Å². The fourth-order valence-corrected chi connectivity index (χ4v) is 0.662. The highest BCUT2D eigenvalue weighted by molar-refractivity contribution is 4.79. The minimum Gasteiger partial charge on any atom is -0.376 e. The molecule has 0 radical (unpaired) electrons. The molecular weight excluding hydrogens is 148 g/mol. The zero-order valence-electron chi connectivity index (χ0n) is 8.84. The van der Waals surface area contributed by atoms with E-state index in [0.29, 0.717) is 12.2 Å². The van der Waals surface area contributed by atoms with Crippen LogP contribution in [-0.4, -0.2) is 12.2 Å². The quantitative estimate of drug-likeness (QED) is 0.586. The van der Waals surface area contributed by atoms with Gasteiger partial charge >= 0.3 is 0 Å². The van der Waals surface area contributed by atoms with Crippen LogP contribution < -0.4 is 0 Å². The fourth-order valence-electron chi connectivity index (χ4n) is 0.662. The standard InChI is InChI=1S/C6H14O.C5H8/c1-5(2)7-6(3)4;1-3-5-4-2/h5-6H,1-4H3;3-4H,1-2,5H2. The van der Waals surface area contributed by atoms with Crippen molar-refractivity contribution in [3.63, 3.8) is 0 Å². The molecule has 0 saturated heterocycles. The van der Waals surface area contributed by atoms with Gasteiger partial charge in [0.1, 0.15) is 0 Å². The molecule has 0 atom stereocenters. The molecule has 0 aliphatic rings. The molecule has 0 amide bonds. The minimum atomic E-state index is 0.375. The Kier molecular flexibility index (Phi) is 12.2. The van der Waals surface area contributed by atoms with Crippen molar-refractivity contribution in [1.29, 1.82) is 0 Å². The van der Waals surface area contributed by atoms with E-state index in [2.05, 4.69) is 13.2 Å². The smallest absolute Gasteiger partial charge is 0.0522 e. The van der Waals surface area contributed by atoms with E-state index in [1.54, 1.807) is 0 Å². The number of rotatable bonds is 4. The summed E-state index contributed by atoms with van der Waals surface area (Å²) in [7, 11) is 0. The molecule has 72 valence electrons. The first-order chi connectivity index (χ1) is 5.54. The normalized spacial score (nSPS) is 9.17. The molecule has 0 heterocycles. The predicted octanol–water partition coefficient (Wildman–Crippen LogP) is 3.57. The van der Waals surface area contributed by atoms with Gasteiger partial charge in [-0.2, -0.15) is 0 Å². The second-order valence-electron chi connectivity index (χ2n) is 3.05. The third-order valence-electron chi connectivity index (χ3n) is 0.878. The Morgan fingerprint density at radius 3 is 1.33 bits per heavy atom. The third-order valence-corrected chi connectivity index (χ3v) is 0.878.